The second-order valence-electron chi connectivity index (χ2n) is 2.39. The van der Waals surface area contributed by atoms with E-state index in [4.69, 9.17) is 16.6 Å². The average molecular weight is 158 g/mol. The van der Waals surface area contributed by atoms with Crippen molar-refractivity contribution in [2.75, 3.05) is 5.73 Å². The molecule has 12 heavy (non-hydrogen) atoms. The fraction of sp³-hybridized carbons (Fsp3) is 0. The molecule has 3 heteroatoms. The molecule has 0 atom stereocenters. The van der Waals surface area contributed by atoms with Gasteiger partial charge in [-0.05, 0) is 24.1 Å². The Bertz CT molecular complexity index is 465. The monoisotopic (exact) mass is 158 g/mol. The van der Waals surface area contributed by atoms with E-state index in [2.05, 4.69) is 10.9 Å². The third kappa shape index (κ3) is 0.903. The first-order valence-corrected chi connectivity index (χ1v) is 3.42. The van der Waals surface area contributed by atoms with E-state index in [9.17, 15) is 0 Å². The van der Waals surface area contributed by atoms with Gasteiger partial charge in [-0.3, -0.25) is 0 Å². The van der Waals surface area contributed by atoms with Crippen LogP contribution in [0.5, 0.6) is 0 Å². The summed E-state index contributed by atoms with van der Waals surface area (Å²) in [5.74, 6) is 2.60. The van der Waals surface area contributed by atoms with Crippen molar-refractivity contribution < 1.29 is 4.42 Å². The lowest BCUT2D eigenvalue weighted by Gasteiger charge is -1.87. The molecular weight excluding hydrogens is 152 g/mol. The minimum absolute atomic E-state index is 0.288. The first-order valence-electron chi connectivity index (χ1n) is 3.42. The van der Waals surface area contributed by atoms with Crippen LogP contribution in [0.3, 0.4) is 0 Å². The molecule has 1 aromatic heterocycles. The molecule has 0 aliphatic carbocycles. The number of fused-ring (bicyclic) bond motifs is 1. The molecule has 3 nitrogen and oxygen atoms in total. The number of aromatic nitrogens is 1. The van der Waals surface area contributed by atoms with Gasteiger partial charge >= 0.3 is 0 Å². The van der Waals surface area contributed by atoms with Crippen molar-refractivity contribution in [2.45, 2.75) is 0 Å². The van der Waals surface area contributed by atoms with Crippen LogP contribution >= 0.6 is 0 Å². The molecule has 0 amide bonds. The Morgan fingerprint density at radius 1 is 1.50 bits per heavy atom. The van der Waals surface area contributed by atoms with Gasteiger partial charge in [-0.2, -0.15) is 0 Å². The van der Waals surface area contributed by atoms with E-state index < -0.39 is 0 Å². The summed E-state index contributed by atoms with van der Waals surface area (Å²) in [6.45, 7) is 0. The van der Waals surface area contributed by atoms with Gasteiger partial charge < -0.3 is 10.2 Å². The van der Waals surface area contributed by atoms with Gasteiger partial charge in [0.05, 0.1) is 0 Å². The molecule has 2 N–H and O–H groups in total. The fourth-order valence-corrected chi connectivity index (χ4v) is 1.01. The number of nitrogen functional groups attached to an aromatic ring is 1. The van der Waals surface area contributed by atoms with Gasteiger partial charge in [0.15, 0.2) is 5.58 Å². The summed E-state index contributed by atoms with van der Waals surface area (Å²) in [4.78, 5) is 4.01. The van der Waals surface area contributed by atoms with Crippen LogP contribution in [0.25, 0.3) is 11.1 Å². The van der Waals surface area contributed by atoms with Crippen molar-refractivity contribution >= 4 is 16.8 Å². The highest BCUT2D eigenvalue weighted by molar-refractivity contribution is 5.76. The topological polar surface area (TPSA) is 52.0 Å². The Morgan fingerprint density at radius 2 is 2.33 bits per heavy atom. The molecule has 0 unspecified atom stereocenters. The first kappa shape index (κ1) is 6.74. The highest BCUT2D eigenvalue weighted by atomic mass is 16.3. The van der Waals surface area contributed by atoms with Gasteiger partial charge in [0, 0.05) is 5.69 Å². The third-order valence-corrected chi connectivity index (χ3v) is 1.54. The minimum atomic E-state index is 0.288. The van der Waals surface area contributed by atoms with Gasteiger partial charge in [0.2, 0.25) is 0 Å². The van der Waals surface area contributed by atoms with E-state index in [0.29, 0.717) is 16.8 Å². The number of rotatable bonds is 0. The SMILES string of the molecule is C#Cc1nc2cc(N)ccc2o1. The lowest BCUT2D eigenvalue weighted by atomic mass is 10.3. The van der Waals surface area contributed by atoms with Crippen LogP contribution in [0, 0.1) is 12.3 Å². The standard InChI is InChI=1S/C9H6N2O/c1-2-9-11-7-5-6(10)3-4-8(7)12-9/h1,3-5H,10H2. The van der Waals surface area contributed by atoms with Gasteiger partial charge in [-0.25, -0.2) is 4.98 Å². The molecule has 1 aromatic carbocycles. The van der Waals surface area contributed by atoms with Crippen LogP contribution in [-0.2, 0) is 0 Å². The van der Waals surface area contributed by atoms with E-state index in [1.807, 2.05) is 0 Å². The van der Waals surface area contributed by atoms with Crippen molar-refractivity contribution in [3.63, 3.8) is 0 Å². The van der Waals surface area contributed by atoms with Gasteiger partial charge in [0.25, 0.3) is 5.89 Å². The van der Waals surface area contributed by atoms with Crippen LogP contribution in [0.15, 0.2) is 22.6 Å². The second-order valence-corrected chi connectivity index (χ2v) is 2.39. The number of anilines is 1. The maximum atomic E-state index is 5.54. The average Bonchev–Trinajstić information content (AvgIpc) is 2.46. The molecule has 0 saturated carbocycles. The van der Waals surface area contributed by atoms with E-state index in [0.717, 1.165) is 0 Å². The smallest absolute Gasteiger partial charge is 0.274 e. The van der Waals surface area contributed by atoms with Gasteiger partial charge in [0.1, 0.15) is 5.52 Å². The minimum Gasteiger partial charge on any atom is -0.430 e. The lowest BCUT2D eigenvalue weighted by molar-refractivity contribution is 0.586. The van der Waals surface area contributed by atoms with Crippen molar-refractivity contribution in [3.05, 3.63) is 24.1 Å². The first-order chi connectivity index (χ1) is 5.79. The van der Waals surface area contributed by atoms with Crippen molar-refractivity contribution in [2.24, 2.45) is 0 Å². The molecule has 0 saturated heterocycles. The van der Waals surface area contributed by atoms with Crippen LogP contribution in [-0.4, -0.2) is 4.98 Å². The molecule has 0 aliphatic rings. The Balaban J connectivity index is 2.77. The highest BCUT2D eigenvalue weighted by Gasteiger charge is 2.01. The van der Waals surface area contributed by atoms with E-state index in [-0.39, 0.29) is 5.89 Å². The molecule has 0 aliphatic heterocycles. The predicted molar refractivity (Wildman–Crippen MR) is 46.4 cm³/mol. The summed E-state index contributed by atoms with van der Waals surface area (Å²) in [6.07, 6.45) is 5.11. The van der Waals surface area contributed by atoms with Crippen LogP contribution in [0.2, 0.25) is 0 Å². The number of hydrogen-bond donors (Lipinski definition) is 1. The van der Waals surface area contributed by atoms with E-state index in [1.165, 1.54) is 0 Å². The van der Waals surface area contributed by atoms with Gasteiger partial charge in [-0.15, -0.1) is 6.42 Å². The number of nitrogens with two attached hydrogens (primary N) is 1. The quantitative estimate of drug-likeness (QED) is 0.465. The van der Waals surface area contributed by atoms with Gasteiger partial charge in [-0.1, -0.05) is 0 Å². The summed E-state index contributed by atoms with van der Waals surface area (Å²) in [5.41, 5.74) is 7.55. The molecule has 2 rings (SSSR count). The summed E-state index contributed by atoms with van der Waals surface area (Å²) >= 11 is 0. The number of nitrogens with zero attached hydrogens (tertiary/aromatic N) is 1. The summed E-state index contributed by atoms with van der Waals surface area (Å²) < 4.78 is 5.17. The highest BCUT2D eigenvalue weighted by Crippen LogP contribution is 2.17. The maximum Gasteiger partial charge on any atom is 0.274 e. The van der Waals surface area contributed by atoms with Crippen molar-refractivity contribution in [1.82, 2.24) is 4.98 Å². The number of terminal acetylenes is 1. The van der Waals surface area contributed by atoms with E-state index >= 15 is 0 Å². The molecule has 1 heterocycles. The predicted octanol–water partition coefficient (Wildman–Crippen LogP) is 1.39. The molecule has 0 fully saturated rings. The van der Waals surface area contributed by atoms with E-state index in [1.54, 1.807) is 18.2 Å². The molecule has 0 spiro atoms. The maximum absolute atomic E-state index is 5.54. The normalized spacial score (nSPS) is 9.92. The van der Waals surface area contributed by atoms with Crippen LogP contribution in [0.1, 0.15) is 5.89 Å². The fourth-order valence-electron chi connectivity index (χ4n) is 1.01. The number of hydrogen-bond acceptors (Lipinski definition) is 3. The lowest BCUT2D eigenvalue weighted by Crippen LogP contribution is -1.82. The summed E-state index contributed by atoms with van der Waals surface area (Å²) in [7, 11) is 0. The number of benzene rings is 1. The Morgan fingerprint density at radius 3 is 3.08 bits per heavy atom. The van der Waals surface area contributed by atoms with Crippen LogP contribution in [0.4, 0.5) is 5.69 Å². The Hall–Kier alpha value is -1.95. The van der Waals surface area contributed by atoms with Crippen molar-refractivity contribution in [3.8, 4) is 12.3 Å². The zero-order chi connectivity index (χ0) is 8.55. The second kappa shape index (κ2) is 2.28. The largest absolute Gasteiger partial charge is 0.430 e. The molecular formula is C9H6N2O. The third-order valence-electron chi connectivity index (χ3n) is 1.54. The number of oxazole rings is 1. The zero-order valence-electron chi connectivity index (χ0n) is 6.24. The van der Waals surface area contributed by atoms with Crippen molar-refractivity contribution in [1.29, 1.82) is 0 Å². The van der Waals surface area contributed by atoms with Crippen LogP contribution < -0.4 is 5.73 Å². The molecule has 0 bridgehead atoms. The summed E-state index contributed by atoms with van der Waals surface area (Å²) in [5, 5.41) is 0. The molecule has 0 radical (unpaired) electrons. The molecule has 58 valence electrons. The molecule has 2 aromatic rings. The zero-order valence-corrected chi connectivity index (χ0v) is 6.24. The Labute approximate surface area is 69.2 Å². The Kier molecular flexibility index (Phi) is 1.28. The summed E-state index contributed by atoms with van der Waals surface area (Å²) in [6, 6.07) is 5.21.